The molecule has 100 valence electrons. The Bertz CT molecular complexity index is 552. The molecule has 0 atom stereocenters. The van der Waals surface area contributed by atoms with Gasteiger partial charge in [-0.05, 0) is 18.6 Å². The first kappa shape index (κ1) is 13.4. The lowest BCUT2D eigenvalue weighted by molar-refractivity contribution is 0.102. The number of aryl methyl sites for hydroxylation is 1. The monoisotopic (exact) mass is 277 g/mol. The standard InChI is InChI=1S/C12H15N5OS/c1-3-4-10-16-17-12(19-10)15-11(18)9-6-5-8(13-2)7-14-9/h5-7,13H,3-4H2,1-2H3,(H,15,17,18). The van der Waals surface area contributed by atoms with Gasteiger partial charge in [-0.25, -0.2) is 4.98 Å². The third-order valence-electron chi connectivity index (χ3n) is 2.44. The molecule has 0 aliphatic heterocycles. The lowest BCUT2D eigenvalue weighted by atomic mass is 10.3. The first-order valence-electron chi connectivity index (χ1n) is 6.00. The van der Waals surface area contributed by atoms with Gasteiger partial charge in [-0.3, -0.25) is 10.1 Å². The Kier molecular flexibility index (Phi) is 4.40. The van der Waals surface area contributed by atoms with Crippen LogP contribution >= 0.6 is 11.3 Å². The van der Waals surface area contributed by atoms with E-state index in [0.29, 0.717) is 10.8 Å². The summed E-state index contributed by atoms with van der Waals surface area (Å²) in [5.41, 5.74) is 1.21. The summed E-state index contributed by atoms with van der Waals surface area (Å²) in [5.74, 6) is -0.276. The largest absolute Gasteiger partial charge is 0.387 e. The van der Waals surface area contributed by atoms with Crippen LogP contribution in [0.25, 0.3) is 0 Å². The maximum absolute atomic E-state index is 11.9. The number of amides is 1. The highest BCUT2D eigenvalue weighted by Crippen LogP contribution is 2.17. The molecule has 2 aromatic rings. The van der Waals surface area contributed by atoms with Gasteiger partial charge in [0.25, 0.3) is 5.91 Å². The number of hydrogen-bond acceptors (Lipinski definition) is 6. The second-order valence-corrected chi connectivity index (χ2v) is 4.95. The lowest BCUT2D eigenvalue weighted by Gasteiger charge is -2.02. The quantitative estimate of drug-likeness (QED) is 0.875. The maximum atomic E-state index is 11.9. The summed E-state index contributed by atoms with van der Waals surface area (Å²) in [5, 5.41) is 15.0. The van der Waals surface area contributed by atoms with Crippen molar-refractivity contribution in [3.05, 3.63) is 29.0 Å². The smallest absolute Gasteiger partial charge is 0.276 e. The topological polar surface area (TPSA) is 79.8 Å². The average Bonchev–Trinajstić information content (AvgIpc) is 2.86. The highest BCUT2D eigenvalue weighted by molar-refractivity contribution is 7.15. The summed E-state index contributed by atoms with van der Waals surface area (Å²) in [6, 6.07) is 3.46. The molecular weight excluding hydrogens is 262 g/mol. The van der Waals surface area contributed by atoms with E-state index in [9.17, 15) is 4.79 Å². The minimum atomic E-state index is -0.276. The highest BCUT2D eigenvalue weighted by Gasteiger charge is 2.10. The van der Waals surface area contributed by atoms with Gasteiger partial charge in [0, 0.05) is 13.5 Å². The molecule has 7 heteroatoms. The third kappa shape index (κ3) is 3.47. The Morgan fingerprint density at radius 1 is 1.37 bits per heavy atom. The van der Waals surface area contributed by atoms with Crippen LogP contribution in [0.4, 0.5) is 10.8 Å². The minimum absolute atomic E-state index is 0.276. The van der Waals surface area contributed by atoms with Crippen LogP contribution < -0.4 is 10.6 Å². The summed E-state index contributed by atoms with van der Waals surface area (Å²) < 4.78 is 0. The van der Waals surface area contributed by atoms with Gasteiger partial charge in [0.2, 0.25) is 5.13 Å². The lowest BCUT2D eigenvalue weighted by Crippen LogP contribution is -2.13. The number of carbonyl (C=O) groups excluding carboxylic acids is 1. The fourth-order valence-corrected chi connectivity index (χ4v) is 2.29. The predicted molar refractivity (Wildman–Crippen MR) is 75.6 cm³/mol. The van der Waals surface area contributed by atoms with Crippen LogP contribution in [0.3, 0.4) is 0 Å². The zero-order chi connectivity index (χ0) is 13.7. The molecular formula is C12H15N5OS. The van der Waals surface area contributed by atoms with E-state index < -0.39 is 0 Å². The fourth-order valence-electron chi connectivity index (χ4n) is 1.46. The van der Waals surface area contributed by atoms with Crippen LogP contribution in [0, 0.1) is 0 Å². The molecule has 2 rings (SSSR count). The molecule has 0 saturated heterocycles. The van der Waals surface area contributed by atoms with Crippen LogP contribution in [0.15, 0.2) is 18.3 Å². The number of nitrogens with zero attached hydrogens (tertiary/aromatic N) is 3. The molecule has 2 N–H and O–H groups in total. The summed E-state index contributed by atoms with van der Waals surface area (Å²) in [6.45, 7) is 2.08. The average molecular weight is 277 g/mol. The van der Waals surface area contributed by atoms with Gasteiger partial charge in [-0.1, -0.05) is 18.3 Å². The molecule has 0 unspecified atom stereocenters. The summed E-state index contributed by atoms with van der Waals surface area (Å²) in [6.07, 6.45) is 3.50. The summed E-state index contributed by atoms with van der Waals surface area (Å²) in [4.78, 5) is 16.0. The van der Waals surface area contributed by atoms with Crippen LogP contribution in [0.1, 0.15) is 28.8 Å². The molecule has 0 aromatic carbocycles. The van der Waals surface area contributed by atoms with Crippen LogP contribution in [-0.2, 0) is 6.42 Å². The van der Waals surface area contributed by atoms with Crippen LogP contribution in [0.2, 0.25) is 0 Å². The number of nitrogens with one attached hydrogen (secondary N) is 2. The fraction of sp³-hybridized carbons (Fsp3) is 0.333. The van der Waals surface area contributed by atoms with E-state index in [4.69, 9.17) is 0 Å². The third-order valence-corrected chi connectivity index (χ3v) is 3.33. The van der Waals surface area contributed by atoms with Crippen molar-refractivity contribution in [3.63, 3.8) is 0 Å². The van der Waals surface area contributed by atoms with Gasteiger partial charge in [-0.15, -0.1) is 10.2 Å². The van der Waals surface area contributed by atoms with Crippen LogP contribution in [0.5, 0.6) is 0 Å². The highest BCUT2D eigenvalue weighted by atomic mass is 32.1. The normalized spacial score (nSPS) is 10.2. The number of aromatic nitrogens is 3. The second kappa shape index (κ2) is 6.24. The van der Waals surface area contributed by atoms with E-state index in [1.807, 2.05) is 0 Å². The van der Waals surface area contributed by atoms with Gasteiger partial charge in [0.15, 0.2) is 0 Å². The zero-order valence-corrected chi connectivity index (χ0v) is 11.6. The van der Waals surface area contributed by atoms with Crippen molar-refractivity contribution in [1.29, 1.82) is 0 Å². The van der Waals surface area contributed by atoms with E-state index in [0.717, 1.165) is 23.5 Å². The molecule has 0 bridgehead atoms. The predicted octanol–water partition coefficient (Wildman–Crippen LogP) is 2.18. The van der Waals surface area contributed by atoms with E-state index in [2.05, 4.69) is 32.7 Å². The van der Waals surface area contributed by atoms with E-state index in [1.165, 1.54) is 11.3 Å². The zero-order valence-electron chi connectivity index (χ0n) is 10.8. The number of anilines is 2. The molecule has 0 aliphatic rings. The SMILES string of the molecule is CCCc1nnc(NC(=O)c2ccc(NC)cn2)s1. The Labute approximate surface area is 115 Å². The number of rotatable bonds is 5. The molecule has 6 nitrogen and oxygen atoms in total. The van der Waals surface area contributed by atoms with Crippen molar-refractivity contribution in [3.8, 4) is 0 Å². The number of hydrogen-bond donors (Lipinski definition) is 2. The molecule has 1 amide bonds. The Hall–Kier alpha value is -2.02. The van der Waals surface area contributed by atoms with E-state index in [-0.39, 0.29) is 5.91 Å². The van der Waals surface area contributed by atoms with Gasteiger partial charge in [0.05, 0.1) is 11.9 Å². The molecule has 2 aromatic heterocycles. The molecule has 0 aliphatic carbocycles. The Balaban J connectivity index is 2.02. The molecule has 0 saturated carbocycles. The van der Waals surface area contributed by atoms with E-state index >= 15 is 0 Å². The van der Waals surface area contributed by atoms with Gasteiger partial charge >= 0.3 is 0 Å². The van der Waals surface area contributed by atoms with Crippen molar-refractivity contribution in [1.82, 2.24) is 15.2 Å². The minimum Gasteiger partial charge on any atom is -0.387 e. The number of carbonyl (C=O) groups is 1. The summed E-state index contributed by atoms with van der Waals surface area (Å²) in [7, 11) is 1.80. The van der Waals surface area contributed by atoms with Gasteiger partial charge < -0.3 is 5.32 Å². The van der Waals surface area contributed by atoms with Crippen molar-refractivity contribution in [2.75, 3.05) is 17.7 Å². The first-order valence-corrected chi connectivity index (χ1v) is 6.82. The van der Waals surface area contributed by atoms with E-state index in [1.54, 1.807) is 25.4 Å². The molecule has 19 heavy (non-hydrogen) atoms. The van der Waals surface area contributed by atoms with Crippen molar-refractivity contribution < 1.29 is 4.79 Å². The molecule has 2 heterocycles. The Morgan fingerprint density at radius 2 is 2.21 bits per heavy atom. The van der Waals surface area contributed by atoms with Crippen LogP contribution in [-0.4, -0.2) is 28.1 Å². The van der Waals surface area contributed by atoms with Crippen molar-refractivity contribution in [2.45, 2.75) is 19.8 Å². The molecule has 0 spiro atoms. The summed E-state index contributed by atoms with van der Waals surface area (Å²) >= 11 is 1.39. The van der Waals surface area contributed by atoms with Crippen molar-refractivity contribution >= 4 is 28.1 Å². The maximum Gasteiger partial charge on any atom is 0.276 e. The Morgan fingerprint density at radius 3 is 2.84 bits per heavy atom. The molecule has 0 fully saturated rings. The first-order chi connectivity index (χ1) is 9.22. The van der Waals surface area contributed by atoms with Crippen molar-refractivity contribution in [2.24, 2.45) is 0 Å². The number of pyridine rings is 1. The molecule has 0 radical (unpaired) electrons. The van der Waals surface area contributed by atoms with Gasteiger partial charge in [0.1, 0.15) is 10.7 Å². The van der Waals surface area contributed by atoms with Gasteiger partial charge in [-0.2, -0.15) is 0 Å². The second-order valence-electron chi connectivity index (χ2n) is 3.89.